The second-order valence-corrected chi connectivity index (χ2v) is 3.99. The number of halogens is 1. The van der Waals surface area contributed by atoms with E-state index in [1.165, 1.54) is 0 Å². The van der Waals surface area contributed by atoms with Crippen LogP contribution in [0.15, 0.2) is 16.7 Å². The van der Waals surface area contributed by atoms with Gasteiger partial charge in [0.05, 0.1) is 11.1 Å². The van der Waals surface area contributed by atoms with Gasteiger partial charge in [0.1, 0.15) is 5.82 Å². The molecule has 4 heteroatoms. The van der Waals surface area contributed by atoms with Gasteiger partial charge in [-0.3, -0.25) is 0 Å². The van der Waals surface area contributed by atoms with Crippen molar-refractivity contribution in [3.63, 3.8) is 0 Å². The number of hydrogen-bond acceptors (Lipinski definition) is 3. The van der Waals surface area contributed by atoms with Crippen LogP contribution in [0.4, 0.5) is 5.82 Å². The van der Waals surface area contributed by atoms with Gasteiger partial charge in [0.25, 0.3) is 0 Å². The van der Waals surface area contributed by atoms with Gasteiger partial charge in [0.2, 0.25) is 0 Å². The van der Waals surface area contributed by atoms with Gasteiger partial charge in [-0.15, -0.1) is 0 Å². The molecule has 0 spiro atoms. The van der Waals surface area contributed by atoms with Crippen LogP contribution in [-0.2, 0) is 6.61 Å². The summed E-state index contributed by atoms with van der Waals surface area (Å²) in [6.45, 7) is 4.12. The minimum Gasteiger partial charge on any atom is -0.392 e. The van der Waals surface area contributed by atoms with E-state index < -0.39 is 0 Å². The maximum absolute atomic E-state index is 8.85. The summed E-state index contributed by atoms with van der Waals surface area (Å²) in [5.41, 5.74) is 0.807. The molecule has 0 aliphatic rings. The quantitative estimate of drug-likeness (QED) is 0.857. The predicted octanol–water partition coefficient (Wildman–Crippen LogP) is 2.16. The number of rotatable bonds is 3. The lowest BCUT2D eigenvalue weighted by Gasteiger charge is -2.10. The van der Waals surface area contributed by atoms with Crippen molar-refractivity contribution in [1.82, 2.24) is 4.98 Å². The zero-order valence-corrected chi connectivity index (χ0v) is 9.30. The molecule has 0 aliphatic carbocycles. The Morgan fingerprint density at radius 3 is 2.77 bits per heavy atom. The monoisotopic (exact) mass is 244 g/mol. The molecule has 72 valence electrons. The highest BCUT2D eigenvalue weighted by molar-refractivity contribution is 9.10. The van der Waals surface area contributed by atoms with Crippen LogP contribution in [0.2, 0.25) is 0 Å². The molecule has 0 fully saturated rings. The van der Waals surface area contributed by atoms with Crippen molar-refractivity contribution in [3.8, 4) is 0 Å². The van der Waals surface area contributed by atoms with E-state index in [0.717, 1.165) is 15.9 Å². The standard InChI is InChI=1S/C9H13BrN2O/c1-6(2)12-9-8(10)3-7(5-13)4-11-9/h3-4,6,13H,5H2,1-2H3,(H,11,12). The van der Waals surface area contributed by atoms with Crippen molar-refractivity contribution in [3.05, 3.63) is 22.3 Å². The summed E-state index contributed by atoms with van der Waals surface area (Å²) < 4.78 is 0.882. The van der Waals surface area contributed by atoms with E-state index >= 15 is 0 Å². The number of hydrogen-bond donors (Lipinski definition) is 2. The Hall–Kier alpha value is -0.610. The number of aliphatic hydroxyl groups is 1. The number of anilines is 1. The average Bonchev–Trinajstić information content (AvgIpc) is 2.08. The van der Waals surface area contributed by atoms with E-state index in [9.17, 15) is 0 Å². The summed E-state index contributed by atoms with van der Waals surface area (Å²) in [5.74, 6) is 0.812. The van der Waals surface area contributed by atoms with Gasteiger partial charge < -0.3 is 10.4 Å². The van der Waals surface area contributed by atoms with Crippen LogP contribution in [0.5, 0.6) is 0 Å². The first-order valence-corrected chi connectivity index (χ1v) is 4.94. The number of nitrogens with zero attached hydrogens (tertiary/aromatic N) is 1. The average molecular weight is 245 g/mol. The molecule has 1 rings (SSSR count). The largest absolute Gasteiger partial charge is 0.392 e. The van der Waals surface area contributed by atoms with Crippen molar-refractivity contribution in [2.45, 2.75) is 26.5 Å². The van der Waals surface area contributed by atoms with Crippen LogP contribution in [-0.4, -0.2) is 16.1 Å². The second kappa shape index (κ2) is 4.58. The summed E-state index contributed by atoms with van der Waals surface area (Å²) in [6, 6.07) is 2.21. The molecule has 0 unspecified atom stereocenters. The molecule has 1 aromatic rings. The Labute approximate surface area is 86.3 Å². The van der Waals surface area contributed by atoms with Gasteiger partial charge in [-0.2, -0.15) is 0 Å². The van der Waals surface area contributed by atoms with E-state index in [0.29, 0.717) is 6.04 Å². The van der Waals surface area contributed by atoms with Crippen LogP contribution < -0.4 is 5.32 Å². The smallest absolute Gasteiger partial charge is 0.140 e. The number of aliphatic hydroxyl groups excluding tert-OH is 1. The normalized spacial score (nSPS) is 10.5. The SMILES string of the molecule is CC(C)Nc1ncc(CO)cc1Br. The molecule has 0 atom stereocenters. The zero-order valence-electron chi connectivity index (χ0n) is 7.71. The third-order valence-corrected chi connectivity index (χ3v) is 2.11. The van der Waals surface area contributed by atoms with Gasteiger partial charge in [-0.1, -0.05) is 0 Å². The van der Waals surface area contributed by atoms with E-state index in [2.05, 4.69) is 26.2 Å². The van der Waals surface area contributed by atoms with Crippen molar-refractivity contribution in [2.24, 2.45) is 0 Å². The molecule has 3 nitrogen and oxygen atoms in total. The molecule has 1 aromatic heterocycles. The lowest BCUT2D eigenvalue weighted by molar-refractivity contribution is 0.281. The van der Waals surface area contributed by atoms with Crippen LogP contribution in [0, 0.1) is 0 Å². The summed E-state index contributed by atoms with van der Waals surface area (Å²) in [5, 5.41) is 12.0. The first kappa shape index (κ1) is 10.5. The fraction of sp³-hybridized carbons (Fsp3) is 0.444. The summed E-state index contributed by atoms with van der Waals surface area (Å²) in [4.78, 5) is 4.17. The molecule has 0 amide bonds. The Bertz CT molecular complexity index is 289. The lowest BCUT2D eigenvalue weighted by Crippen LogP contribution is -2.11. The van der Waals surface area contributed by atoms with Crippen molar-refractivity contribution >= 4 is 21.7 Å². The van der Waals surface area contributed by atoms with Crippen molar-refractivity contribution in [2.75, 3.05) is 5.32 Å². The maximum Gasteiger partial charge on any atom is 0.140 e. The lowest BCUT2D eigenvalue weighted by atomic mass is 10.3. The molecular formula is C9H13BrN2O. The van der Waals surface area contributed by atoms with E-state index in [4.69, 9.17) is 5.11 Å². The third kappa shape index (κ3) is 2.97. The van der Waals surface area contributed by atoms with Crippen LogP contribution >= 0.6 is 15.9 Å². The molecule has 0 saturated carbocycles. The Morgan fingerprint density at radius 1 is 1.62 bits per heavy atom. The minimum atomic E-state index is 0.0214. The highest BCUT2D eigenvalue weighted by atomic mass is 79.9. The molecule has 1 heterocycles. The summed E-state index contributed by atoms with van der Waals surface area (Å²) in [6.07, 6.45) is 1.66. The van der Waals surface area contributed by atoms with Crippen LogP contribution in [0.25, 0.3) is 0 Å². The zero-order chi connectivity index (χ0) is 9.84. The maximum atomic E-state index is 8.85. The van der Waals surface area contributed by atoms with Gasteiger partial charge in [0, 0.05) is 12.2 Å². The number of pyridine rings is 1. The predicted molar refractivity (Wildman–Crippen MR) is 56.6 cm³/mol. The molecule has 0 saturated heterocycles. The van der Waals surface area contributed by atoms with Crippen LogP contribution in [0.1, 0.15) is 19.4 Å². The molecule has 0 radical (unpaired) electrons. The first-order chi connectivity index (χ1) is 6.13. The van der Waals surface area contributed by atoms with Gasteiger partial charge in [0.15, 0.2) is 0 Å². The number of nitrogens with one attached hydrogen (secondary N) is 1. The topological polar surface area (TPSA) is 45.2 Å². The third-order valence-electron chi connectivity index (χ3n) is 1.51. The highest BCUT2D eigenvalue weighted by Crippen LogP contribution is 2.21. The Balaban J connectivity index is 2.85. The molecule has 0 bridgehead atoms. The number of aromatic nitrogens is 1. The fourth-order valence-electron chi connectivity index (χ4n) is 0.944. The molecule has 13 heavy (non-hydrogen) atoms. The summed E-state index contributed by atoms with van der Waals surface area (Å²) >= 11 is 3.38. The molecule has 0 aromatic carbocycles. The van der Waals surface area contributed by atoms with Crippen LogP contribution in [0.3, 0.4) is 0 Å². The fourth-order valence-corrected chi connectivity index (χ4v) is 1.45. The Kier molecular flexibility index (Phi) is 3.69. The van der Waals surface area contributed by atoms with Gasteiger partial charge >= 0.3 is 0 Å². The second-order valence-electron chi connectivity index (χ2n) is 3.13. The highest BCUT2D eigenvalue weighted by Gasteiger charge is 2.03. The molecule has 2 N–H and O–H groups in total. The van der Waals surface area contributed by atoms with E-state index in [1.807, 2.05) is 19.9 Å². The van der Waals surface area contributed by atoms with E-state index in [-0.39, 0.29) is 6.61 Å². The van der Waals surface area contributed by atoms with E-state index in [1.54, 1.807) is 6.20 Å². The van der Waals surface area contributed by atoms with Crippen molar-refractivity contribution in [1.29, 1.82) is 0 Å². The summed E-state index contributed by atoms with van der Waals surface area (Å²) in [7, 11) is 0. The minimum absolute atomic E-state index is 0.0214. The Morgan fingerprint density at radius 2 is 2.31 bits per heavy atom. The van der Waals surface area contributed by atoms with Gasteiger partial charge in [-0.05, 0) is 41.4 Å². The molecular weight excluding hydrogens is 232 g/mol. The van der Waals surface area contributed by atoms with Gasteiger partial charge in [-0.25, -0.2) is 4.98 Å². The van der Waals surface area contributed by atoms with Crippen molar-refractivity contribution < 1.29 is 5.11 Å². The first-order valence-electron chi connectivity index (χ1n) is 4.15. The molecule has 0 aliphatic heterocycles.